The van der Waals surface area contributed by atoms with Crippen molar-refractivity contribution in [1.82, 2.24) is 0 Å². The number of nitrogens with zero attached hydrogens (tertiary/aromatic N) is 1. The standard InChI is InChI=1S/C22H15ClFNO5S/c1-30-22(27)13-7-9-20-18(10-13)25(12-14-6-8-15(24)11-17(14)23)21(26)16-4-2-3-5-19(16)31(20,28)29/h2-11H,12H2,1H3. The fourth-order valence-corrected chi connectivity index (χ4v) is 5.29. The average molecular weight is 460 g/mol. The van der Waals surface area contributed by atoms with Crippen LogP contribution in [0.1, 0.15) is 26.3 Å². The number of methoxy groups -OCH3 is 1. The molecule has 31 heavy (non-hydrogen) atoms. The molecule has 158 valence electrons. The Labute approximate surface area is 182 Å². The average Bonchev–Trinajstić information content (AvgIpc) is 2.83. The molecule has 3 aromatic carbocycles. The molecule has 1 heterocycles. The molecule has 0 saturated heterocycles. The molecule has 6 nitrogen and oxygen atoms in total. The Balaban J connectivity index is 1.98. The van der Waals surface area contributed by atoms with Gasteiger partial charge in [0.05, 0.1) is 40.3 Å². The third-order valence-electron chi connectivity index (χ3n) is 4.96. The second-order valence-corrected chi connectivity index (χ2v) is 9.09. The van der Waals surface area contributed by atoms with Gasteiger partial charge < -0.3 is 9.64 Å². The Morgan fingerprint density at radius 1 is 1.06 bits per heavy atom. The summed E-state index contributed by atoms with van der Waals surface area (Å²) in [6.45, 7) is -0.139. The van der Waals surface area contributed by atoms with Crippen LogP contribution in [0.3, 0.4) is 0 Å². The summed E-state index contributed by atoms with van der Waals surface area (Å²) in [6, 6.07) is 13.5. The van der Waals surface area contributed by atoms with E-state index in [0.29, 0.717) is 5.56 Å². The molecule has 0 N–H and O–H groups in total. The van der Waals surface area contributed by atoms with Crippen LogP contribution in [-0.2, 0) is 21.1 Å². The molecule has 1 aliphatic rings. The van der Waals surface area contributed by atoms with Crippen molar-refractivity contribution in [1.29, 1.82) is 0 Å². The molecule has 0 aromatic heterocycles. The lowest BCUT2D eigenvalue weighted by Crippen LogP contribution is -2.30. The van der Waals surface area contributed by atoms with Crippen LogP contribution in [0.5, 0.6) is 0 Å². The molecular weight excluding hydrogens is 445 g/mol. The van der Waals surface area contributed by atoms with Crippen LogP contribution in [0.25, 0.3) is 0 Å². The van der Waals surface area contributed by atoms with Crippen LogP contribution in [0, 0.1) is 5.82 Å². The van der Waals surface area contributed by atoms with Gasteiger partial charge in [-0.25, -0.2) is 17.6 Å². The molecule has 4 rings (SSSR count). The minimum atomic E-state index is -4.07. The summed E-state index contributed by atoms with van der Waals surface area (Å²) in [4.78, 5) is 26.4. The van der Waals surface area contributed by atoms with E-state index < -0.39 is 27.5 Å². The number of fused-ring (bicyclic) bond motifs is 2. The number of rotatable bonds is 3. The second-order valence-electron chi connectivity index (χ2n) is 6.80. The van der Waals surface area contributed by atoms with Crippen molar-refractivity contribution in [3.63, 3.8) is 0 Å². The lowest BCUT2D eigenvalue weighted by Gasteiger charge is -2.24. The largest absolute Gasteiger partial charge is 0.465 e. The molecule has 0 aliphatic carbocycles. The van der Waals surface area contributed by atoms with E-state index in [9.17, 15) is 22.4 Å². The van der Waals surface area contributed by atoms with Crippen LogP contribution in [0.4, 0.5) is 10.1 Å². The summed E-state index contributed by atoms with van der Waals surface area (Å²) in [6.07, 6.45) is 0. The smallest absolute Gasteiger partial charge is 0.337 e. The predicted octanol–water partition coefficient (Wildman–Crippen LogP) is 4.26. The molecule has 0 radical (unpaired) electrons. The third-order valence-corrected chi connectivity index (χ3v) is 7.17. The number of halogens is 2. The zero-order valence-electron chi connectivity index (χ0n) is 16.1. The number of benzene rings is 3. The van der Waals surface area contributed by atoms with Crippen molar-refractivity contribution in [2.75, 3.05) is 12.0 Å². The van der Waals surface area contributed by atoms with Gasteiger partial charge >= 0.3 is 5.97 Å². The number of esters is 1. The Hall–Kier alpha value is -3.23. The van der Waals surface area contributed by atoms with Gasteiger partial charge in [-0.2, -0.15) is 0 Å². The van der Waals surface area contributed by atoms with Crippen molar-refractivity contribution in [3.8, 4) is 0 Å². The van der Waals surface area contributed by atoms with Crippen LogP contribution >= 0.6 is 11.6 Å². The van der Waals surface area contributed by atoms with E-state index in [4.69, 9.17) is 16.3 Å². The zero-order valence-corrected chi connectivity index (χ0v) is 17.7. The molecule has 1 amide bonds. The summed E-state index contributed by atoms with van der Waals surface area (Å²) in [7, 11) is -2.87. The summed E-state index contributed by atoms with van der Waals surface area (Å²) < 4.78 is 44.9. The molecule has 9 heteroatoms. The van der Waals surface area contributed by atoms with Crippen LogP contribution in [0.15, 0.2) is 70.5 Å². The third kappa shape index (κ3) is 3.58. The molecule has 3 aromatic rings. The van der Waals surface area contributed by atoms with E-state index in [2.05, 4.69) is 0 Å². The fraction of sp³-hybridized carbons (Fsp3) is 0.0909. The molecule has 1 aliphatic heterocycles. The number of carbonyl (C=O) groups is 2. The second kappa shape index (κ2) is 7.79. The molecule has 0 spiro atoms. The Morgan fingerprint density at radius 2 is 1.81 bits per heavy atom. The molecular formula is C22H15ClFNO5S. The highest BCUT2D eigenvalue weighted by Crippen LogP contribution is 2.38. The summed E-state index contributed by atoms with van der Waals surface area (Å²) in [5.41, 5.74) is 0.467. The van der Waals surface area contributed by atoms with Crippen molar-refractivity contribution in [2.24, 2.45) is 0 Å². The van der Waals surface area contributed by atoms with E-state index in [1.54, 1.807) is 6.07 Å². The van der Waals surface area contributed by atoms with E-state index in [1.807, 2.05) is 0 Å². The van der Waals surface area contributed by atoms with Crippen molar-refractivity contribution >= 4 is 39.0 Å². The monoisotopic (exact) mass is 459 g/mol. The van der Waals surface area contributed by atoms with Crippen molar-refractivity contribution < 1.29 is 27.1 Å². The highest BCUT2D eigenvalue weighted by Gasteiger charge is 2.36. The van der Waals surface area contributed by atoms with Gasteiger partial charge in [0.1, 0.15) is 5.82 Å². The van der Waals surface area contributed by atoms with Crippen LogP contribution < -0.4 is 4.90 Å². The first kappa shape index (κ1) is 21.0. The van der Waals surface area contributed by atoms with Gasteiger partial charge in [-0.15, -0.1) is 0 Å². The highest BCUT2D eigenvalue weighted by molar-refractivity contribution is 7.91. The first-order chi connectivity index (χ1) is 14.7. The Morgan fingerprint density at radius 3 is 2.52 bits per heavy atom. The maximum atomic E-state index is 13.5. The number of hydrogen-bond donors (Lipinski definition) is 0. The predicted molar refractivity (Wildman–Crippen MR) is 112 cm³/mol. The fourth-order valence-electron chi connectivity index (χ4n) is 3.43. The lowest BCUT2D eigenvalue weighted by molar-refractivity contribution is 0.0600. The van der Waals surface area contributed by atoms with Gasteiger partial charge in [-0.1, -0.05) is 29.8 Å². The topological polar surface area (TPSA) is 80.8 Å². The van der Waals surface area contributed by atoms with Gasteiger partial charge in [0.25, 0.3) is 5.91 Å². The maximum absolute atomic E-state index is 13.5. The quantitative estimate of drug-likeness (QED) is 0.547. The van der Waals surface area contributed by atoms with Crippen LogP contribution in [-0.4, -0.2) is 27.4 Å². The molecule has 0 fully saturated rings. The maximum Gasteiger partial charge on any atom is 0.337 e. The lowest BCUT2D eigenvalue weighted by atomic mass is 10.1. The van der Waals surface area contributed by atoms with Crippen molar-refractivity contribution in [2.45, 2.75) is 16.3 Å². The number of carbonyl (C=O) groups excluding carboxylic acids is 2. The van der Waals surface area contributed by atoms with Gasteiger partial charge in [-0.3, -0.25) is 4.79 Å². The Kier molecular flexibility index (Phi) is 5.28. The normalized spacial score (nSPS) is 14.4. The van der Waals surface area contributed by atoms with Crippen molar-refractivity contribution in [3.05, 3.63) is 88.2 Å². The first-order valence-corrected chi connectivity index (χ1v) is 10.9. The summed E-state index contributed by atoms with van der Waals surface area (Å²) in [5, 5.41) is 0.0823. The minimum absolute atomic E-state index is 0.00416. The van der Waals surface area contributed by atoms with Gasteiger partial charge in [0, 0.05) is 5.02 Å². The van der Waals surface area contributed by atoms with Gasteiger partial charge in [-0.05, 0) is 48.0 Å². The van der Waals surface area contributed by atoms with E-state index in [1.165, 1.54) is 60.5 Å². The summed E-state index contributed by atoms with van der Waals surface area (Å²) in [5.74, 6) is -1.83. The number of anilines is 1. The SMILES string of the molecule is COC(=O)c1ccc2c(c1)N(Cc1ccc(F)cc1Cl)C(=O)c1ccccc1S2(=O)=O. The van der Waals surface area contributed by atoms with Gasteiger partial charge in [0.2, 0.25) is 9.84 Å². The first-order valence-electron chi connectivity index (χ1n) is 9.06. The number of sulfone groups is 1. The van der Waals surface area contributed by atoms with E-state index in [0.717, 1.165) is 6.07 Å². The summed E-state index contributed by atoms with van der Waals surface area (Å²) >= 11 is 6.15. The molecule has 0 bridgehead atoms. The molecule has 0 unspecified atom stereocenters. The van der Waals surface area contributed by atoms with E-state index in [-0.39, 0.29) is 38.2 Å². The highest BCUT2D eigenvalue weighted by atomic mass is 35.5. The minimum Gasteiger partial charge on any atom is -0.465 e. The van der Waals surface area contributed by atoms with E-state index >= 15 is 0 Å². The van der Waals surface area contributed by atoms with Gasteiger partial charge in [0.15, 0.2) is 0 Å². The molecule has 0 atom stereocenters. The molecule has 0 saturated carbocycles. The zero-order chi connectivity index (χ0) is 22.3. The van der Waals surface area contributed by atoms with Crippen LogP contribution in [0.2, 0.25) is 5.02 Å². The Bertz CT molecular complexity index is 1340. The number of ether oxygens (including phenoxy) is 1. The number of hydrogen-bond acceptors (Lipinski definition) is 5. The number of amides is 1.